The second-order valence-electron chi connectivity index (χ2n) is 13.6. The van der Waals surface area contributed by atoms with Crippen molar-refractivity contribution in [3.63, 3.8) is 0 Å². The average molecular weight is 756 g/mol. The van der Waals surface area contributed by atoms with Crippen LogP contribution >= 0.6 is 11.8 Å². The normalized spacial score (nSPS) is 13.2. The molecule has 10 heteroatoms. The van der Waals surface area contributed by atoms with Crippen molar-refractivity contribution in [3.05, 3.63) is 167 Å². The molecule has 6 rings (SSSR count). The number of nitrogens with one attached hydrogen (secondary N) is 3. The molecular formula is C45H45N3O6S. The van der Waals surface area contributed by atoms with Gasteiger partial charge >= 0.3 is 12.1 Å². The molecule has 5 aromatic carbocycles. The highest BCUT2D eigenvalue weighted by atomic mass is 32.2. The molecule has 0 bridgehead atoms. The van der Waals surface area contributed by atoms with Gasteiger partial charge in [0.2, 0.25) is 11.8 Å². The lowest BCUT2D eigenvalue weighted by Gasteiger charge is -2.36. The molecule has 5 aromatic rings. The van der Waals surface area contributed by atoms with Crippen LogP contribution in [0.4, 0.5) is 4.79 Å². The van der Waals surface area contributed by atoms with Gasteiger partial charge in [-0.1, -0.05) is 153 Å². The Labute approximate surface area is 326 Å². The predicted octanol–water partition coefficient (Wildman–Crippen LogP) is 7.05. The van der Waals surface area contributed by atoms with E-state index in [0.717, 1.165) is 38.9 Å². The SMILES string of the molecule is COC(=O)[C@H](CSC(c1ccccc1)(c1ccccc1)c1ccccc1)NC(=O)CNC(=O)[C@@H](NC(=O)OCC1c2ccccc2-c2ccccc21)C(C)C. The van der Waals surface area contributed by atoms with Crippen LogP contribution in [-0.2, 0) is 28.6 Å². The standard InChI is InChI=1S/C45H45N3O6S/c1-30(2)41(48-44(52)54-28-38-36-25-15-13-23-34(36)35-24-14-16-26-37(35)38)42(50)46-27-40(49)47-39(43(51)53-3)29-55-45(31-17-7-4-8-18-31,32-19-9-5-10-20-32)33-21-11-6-12-22-33/h4-26,30,38-39,41H,27-29H2,1-3H3,(H,46,50)(H,47,49)(H,48,52)/t39-,41-/m0/s1. The van der Waals surface area contributed by atoms with Crippen molar-refractivity contribution in [1.29, 1.82) is 0 Å². The highest BCUT2D eigenvalue weighted by Gasteiger charge is 2.39. The van der Waals surface area contributed by atoms with Gasteiger partial charge in [-0.05, 0) is 44.9 Å². The number of hydrogen-bond donors (Lipinski definition) is 3. The van der Waals surface area contributed by atoms with E-state index in [1.54, 1.807) is 13.8 Å². The molecule has 3 N–H and O–H groups in total. The number of esters is 1. The molecule has 0 radical (unpaired) electrons. The quantitative estimate of drug-likeness (QED) is 0.0774. The van der Waals surface area contributed by atoms with E-state index in [1.165, 1.54) is 18.9 Å². The summed E-state index contributed by atoms with van der Waals surface area (Å²) in [6.45, 7) is 3.25. The van der Waals surface area contributed by atoms with Crippen LogP contribution in [0.5, 0.6) is 0 Å². The van der Waals surface area contributed by atoms with Crippen molar-refractivity contribution >= 4 is 35.6 Å². The number of hydrogen-bond acceptors (Lipinski definition) is 7. The molecule has 1 aliphatic rings. The van der Waals surface area contributed by atoms with Gasteiger partial charge in [0.25, 0.3) is 0 Å². The number of ether oxygens (including phenoxy) is 2. The minimum atomic E-state index is -1.03. The first kappa shape index (κ1) is 38.8. The highest BCUT2D eigenvalue weighted by Crippen LogP contribution is 2.49. The van der Waals surface area contributed by atoms with Crippen molar-refractivity contribution < 1.29 is 28.7 Å². The number of fused-ring (bicyclic) bond motifs is 3. The van der Waals surface area contributed by atoms with Gasteiger partial charge in [-0.2, -0.15) is 0 Å². The molecule has 282 valence electrons. The van der Waals surface area contributed by atoms with Crippen molar-refractivity contribution in [1.82, 2.24) is 16.0 Å². The third-order valence-corrected chi connectivity index (χ3v) is 11.5. The van der Waals surface area contributed by atoms with Crippen molar-refractivity contribution in [3.8, 4) is 11.1 Å². The Morgan fingerprint density at radius 2 is 1.15 bits per heavy atom. The summed E-state index contributed by atoms with van der Waals surface area (Å²) in [5.74, 6) is -2.05. The van der Waals surface area contributed by atoms with Gasteiger partial charge < -0.3 is 25.4 Å². The summed E-state index contributed by atoms with van der Waals surface area (Å²) in [6, 6.07) is 44.1. The molecule has 55 heavy (non-hydrogen) atoms. The Kier molecular flexibility index (Phi) is 12.7. The van der Waals surface area contributed by atoms with E-state index < -0.39 is 47.3 Å². The lowest BCUT2D eigenvalue weighted by molar-refractivity contribution is -0.144. The van der Waals surface area contributed by atoms with Crippen LogP contribution in [0.15, 0.2) is 140 Å². The first-order chi connectivity index (χ1) is 26.7. The van der Waals surface area contributed by atoms with Gasteiger partial charge in [-0.3, -0.25) is 9.59 Å². The number of carbonyl (C=O) groups is 4. The fourth-order valence-electron chi connectivity index (χ4n) is 7.11. The topological polar surface area (TPSA) is 123 Å². The number of benzene rings is 5. The highest BCUT2D eigenvalue weighted by molar-refractivity contribution is 8.00. The van der Waals surface area contributed by atoms with Gasteiger partial charge in [-0.15, -0.1) is 11.8 Å². The van der Waals surface area contributed by atoms with E-state index >= 15 is 0 Å². The minimum absolute atomic E-state index is 0.0989. The molecule has 0 spiro atoms. The second-order valence-corrected chi connectivity index (χ2v) is 14.9. The summed E-state index contributed by atoms with van der Waals surface area (Å²) >= 11 is 1.50. The minimum Gasteiger partial charge on any atom is -0.467 e. The molecule has 0 aliphatic heterocycles. The monoisotopic (exact) mass is 755 g/mol. The summed E-state index contributed by atoms with van der Waals surface area (Å²) in [5, 5.41) is 8.07. The van der Waals surface area contributed by atoms with Crippen LogP contribution in [0.1, 0.15) is 47.6 Å². The zero-order valence-corrected chi connectivity index (χ0v) is 31.9. The molecule has 1 aliphatic carbocycles. The zero-order valence-electron chi connectivity index (χ0n) is 31.1. The maximum atomic E-state index is 13.4. The number of methoxy groups -OCH3 is 1. The van der Waals surface area contributed by atoms with Crippen LogP contribution in [0.3, 0.4) is 0 Å². The maximum absolute atomic E-state index is 13.4. The molecule has 0 unspecified atom stereocenters. The number of amides is 3. The Morgan fingerprint density at radius 3 is 1.62 bits per heavy atom. The van der Waals surface area contributed by atoms with Crippen LogP contribution in [-0.4, -0.2) is 62.0 Å². The maximum Gasteiger partial charge on any atom is 0.407 e. The summed E-state index contributed by atoms with van der Waals surface area (Å²) in [4.78, 5) is 52.9. The number of carbonyl (C=O) groups excluding carboxylic acids is 4. The lowest BCUT2D eigenvalue weighted by Crippen LogP contribution is -2.53. The first-order valence-electron chi connectivity index (χ1n) is 18.3. The molecule has 2 atom stereocenters. The molecule has 0 aromatic heterocycles. The number of alkyl carbamates (subject to hydrolysis) is 1. The van der Waals surface area contributed by atoms with E-state index in [9.17, 15) is 19.2 Å². The average Bonchev–Trinajstić information content (AvgIpc) is 3.55. The van der Waals surface area contributed by atoms with E-state index in [4.69, 9.17) is 9.47 Å². The van der Waals surface area contributed by atoms with Crippen LogP contribution in [0.25, 0.3) is 11.1 Å². The number of thioether (sulfide) groups is 1. The van der Waals surface area contributed by atoms with Crippen LogP contribution in [0, 0.1) is 5.92 Å². The van der Waals surface area contributed by atoms with E-state index in [0.29, 0.717) is 0 Å². The van der Waals surface area contributed by atoms with Crippen molar-refractivity contribution in [2.24, 2.45) is 5.92 Å². The molecule has 0 heterocycles. The van der Waals surface area contributed by atoms with Gasteiger partial charge in [0.05, 0.1) is 18.4 Å². The number of rotatable bonds is 15. The van der Waals surface area contributed by atoms with Gasteiger partial charge in [-0.25, -0.2) is 9.59 Å². The molecule has 0 fully saturated rings. The van der Waals surface area contributed by atoms with Gasteiger partial charge in [0.15, 0.2) is 0 Å². The predicted molar refractivity (Wildman–Crippen MR) is 215 cm³/mol. The van der Waals surface area contributed by atoms with E-state index in [-0.39, 0.29) is 24.2 Å². The van der Waals surface area contributed by atoms with Crippen LogP contribution in [0.2, 0.25) is 0 Å². The van der Waals surface area contributed by atoms with Gasteiger partial charge in [0, 0.05) is 11.7 Å². The van der Waals surface area contributed by atoms with Crippen LogP contribution < -0.4 is 16.0 Å². The molecule has 9 nitrogen and oxygen atoms in total. The smallest absolute Gasteiger partial charge is 0.407 e. The molecule has 0 saturated heterocycles. The third kappa shape index (κ3) is 8.76. The summed E-state index contributed by atoms with van der Waals surface area (Å²) < 4.78 is 10.1. The second kappa shape index (κ2) is 18.0. The third-order valence-electron chi connectivity index (χ3n) is 9.82. The molecular weight excluding hydrogens is 711 g/mol. The largest absolute Gasteiger partial charge is 0.467 e. The van der Waals surface area contributed by atoms with E-state index in [2.05, 4.69) is 64.5 Å². The van der Waals surface area contributed by atoms with E-state index in [1.807, 2.05) is 91.0 Å². The Hall–Kier alpha value is -5.87. The van der Waals surface area contributed by atoms with Gasteiger partial charge in [0.1, 0.15) is 18.7 Å². The zero-order chi connectivity index (χ0) is 38.8. The Morgan fingerprint density at radius 1 is 0.673 bits per heavy atom. The summed E-state index contributed by atoms with van der Waals surface area (Å²) in [7, 11) is 1.27. The van der Waals surface area contributed by atoms with Crippen molar-refractivity contribution in [2.75, 3.05) is 26.0 Å². The fraction of sp³-hybridized carbons (Fsp3) is 0.244. The first-order valence-corrected chi connectivity index (χ1v) is 19.3. The Balaban J connectivity index is 1.10. The molecule has 0 saturated carbocycles. The summed E-state index contributed by atoms with van der Waals surface area (Å²) in [6.07, 6.45) is -0.735. The molecule has 3 amide bonds. The fourth-order valence-corrected chi connectivity index (χ4v) is 8.66. The Bertz CT molecular complexity index is 1950. The van der Waals surface area contributed by atoms with Crippen molar-refractivity contribution in [2.45, 2.75) is 36.6 Å². The summed E-state index contributed by atoms with van der Waals surface area (Å²) in [5.41, 5.74) is 7.39. The lowest BCUT2D eigenvalue weighted by atomic mass is 9.84.